The maximum absolute atomic E-state index is 13.4. The largest absolute Gasteiger partial charge is 0.493 e. The monoisotopic (exact) mass is 468 g/mol. The lowest BCUT2D eigenvalue weighted by molar-refractivity contribution is 0.0940. The van der Waals surface area contributed by atoms with E-state index in [1.165, 1.54) is 30.7 Å². The molecule has 0 unspecified atom stereocenters. The zero-order valence-electron chi connectivity index (χ0n) is 19.1. The number of anilines is 1. The molecule has 174 valence electrons. The quantitative estimate of drug-likeness (QED) is 0.510. The van der Waals surface area contributed by atoms with Crippen molar-refractivity contribution in [3.05, 3.63) is 89.5 Å². The van der Waals surface area contributed by atoms with Gasteiger partial charge in [-0.25, -0.2) is 8.42 Å². The number of sulfonamides is 1. The summed E-state index contributed by atoms with van der Waals surface area (Å²) >= 11 is 0. The molecule has 0 aliphatic rings. The first-order valence-electron chi connectivity index (χ1n) is 10.4. The molecule has 0 spiro atoms. The lowest BCUT2D eigenvalue weighted by Crippen LogP contribution is -2.33. The van der Waals surface area contributed by atoms with E-state index in [-0.39, 0.29) is 23.8 Å². The molecule has 0 aromatic heterocycles. The van der Waals surface area contributed by atoms with Gasteiger partial charge in [0.1, 0.15) is 0 Å². The summed E-state index contributed by atoms with van der Waals surface area (Å²) in [6.45, 7) is 1.93. The lowest BCUT2D eigenvalue weighted by atomic mass is 10.1. The van der Waals surface area contributed by atoms with Crippen molar-refractivity contribution in [2.24, 2.45) is 0 Å². The number of hydrogen-bond acceptors (Lipinski definition) is 5. The third-order valence-corrected chi connectivity index (χ3v) is 6.36. The first-order valence-corrected chi connectivity index (χ1v) is 12.2. The molecule has 33 heavy (non-hydrogen) atoms. The predicted molar refractivity (Wildman–Crippen MR) is 129 cm³/mol. The molecule has 0 saturated carbocycles. The van der Waals surface area contributed by atoms with Gasteiger partial charge in [0.25, 0.3) is 5.91 Å². The van der Waals surface area contributed by atoms with E-state index in [0.717, 1.165) is 17.4 Å². The Balaban J connectivity index is 2.09. The predicted octanol–water partition coefficient (Wildman–Crippen LogP) is 4.16. The highest BCUT2D eigenvalue weighted by Gasteiger charge is 2.27. The van der Waals surface area contributed by atoms with Gasteiger partial charge in [0.05, 0.1) is 44.3 Å². The van der Waals surface area contributed by atoms with E-state index in [0.29, 0.717) is 11.5 Å². The molecule has 8 heteroatoms. The average molecular weight is 469 g/mol. The summed E-state index contributed by atoms with van der Waals surface area (Å²) in [5, 5.41) is 2.96. The summed E-state index contributed by atoms with van der Waals surface area (Å²) in [5.74, 6) is 0.220. The van der Waals surface area contributed by atoms with Crippen molar-refractivity contribution in [2.75, 3.05) is 24.8 Å². The van der Waals surface area contributed by atoms with Crippen LogP contribution in [0.5, 0.6) is 11.5 Å². The lowest BCUT2D eigenvalue weighted by Gasteiger charge is -2.26. The number of carbonyl (C=O) groups is 1. The Kier molecular flexibility index (Phi) is 7.60. The number of methoxy groups -OCH3 is 2. The first-order chi connectivity index (χ1) is 15.7. The minimum Gasteiger partial charge on any atom is -0.493 e. The fourth-order valence-corrected chi connectivity index (χ4v) is 4.38. The van der Waals surface area contributed by atoms with Crippen LogP contribution in [0.4, 0.5) is 5.69 Å². The highest BCUT2D eigenvalue weighted by molar-refractivity contribution is 7.92. The van der Waals surface area contributed by atoms with E-state index < -0.39 is 15.9 Å². The van der Waals surface area contributed by atoms with Crippen molar-refractivity contribution in [1.82, 2.24) is 5.32 Å². The topological polar surface area (TPSA) is 84.9 Å². The van der Waals surface area contributed by atoms with Gasteiger partial charge in [-0.3, -0.25) is 9.10 Å². The summed E-state index contributed by atoms with van der Waals surface area (Å²) in [5.41, 5.74) is 2.08. The molecule has 0 radical (unpaired) electrons. The summed E-state index contributed by atoms with van der Waals surface area (Å²) in [6, 6.07) is 21.4. The number of rotatable bonds is 9. The van der Waals surface area contributed by atoms with Crippen molar-refractivity contribution in [3.8, 4) is 11.5 Å². The average Bonchev–Trinajstić information content (AvgIpc) is 2.82. The fraction of sp³-hybridized carbons (Fsp3) is 0.240. The van der Waals surface area contributed by atoms with Gasteiger partial charge >= 0.3 is 0 Å². The van der Waals surface area contributed by atoms with Crippen LogP contribution in [-0.4, -0.2) is 34.8 Å². The third kappa shape index (κ3) is 5.84. The summed E-state index contributed by atoms with van der Waals surface area (Å²) in [6.07, 6.45) is 1.11. The number of benzene rings is 3. The maximum Gasteiger partial charge on any atom is 0.254 e. The second-order valence-corrected chi connectivity index (χ2v) is 9.49. The molecule has 0 heterocycles. The Morgan fingerprint density at radius 1 is 0.939 bits per heavy atom. The van der Waals surface area contributed by atoms with E-state index >= 15 is 0 Å². The Morgan fingerprint density at radius 3 is 2.03 bits per heavy atom. The molecule has 3 aromatic carbocycles. The molecule has 1 N–H and O–H groups in total. The third-order valence-electron chi connectivity index (χ3n) is 5.23. The van der Waals surface area contributed by atoms with Crippen LogP contribution in [0.1, 0.15) is 34.5 Å². The van der Waals surface area contributed by atoms with E-state index in [1.807, 2.05) is 67.6 Å². The van der Waals surface area contributed by atoms with Crippen molar-refractivity contribution in [1.29, 1.82) is 0 Å². The second kappa shape index (κ2) is 10.4. The number of carbonyl (C=O) groups excluding carboxylic acids is 1. The van der Waals surface area contributed by atoms with Crippen LogP contribution in [-0.2, 0) is 16.6 Å². The van der Waals surface area contributed by atoms with Crippen LogP contribution >= 0.6 is 0 Å². The molecule has 0 fully saturated rings. The van der Waals surface area contributed by atoms with E-state index in [1.54, 1.807) is 0 Å². The van der Waals surface area contributed by atoms with Gasteiger partial charge in [-0.1, -0.05) is 60.7 Å². The molecular weight excluding hydrogens is 440 g/mol. The Morgan fingerprint density at radius 2 is 1.48 bits per heavy atom. The number of hydrogen-bond donors (Lipinski definition) is 1. The van der Waals surface area contributed by atoms with Crippen LogP contribution in [0, 0.1) is 0 Å². The molecule has 0 aliphatic carbocycles. The van der Waals surface area contributed by atoms with Crippen LogP contribution in [0.25, 0.3) is 0 Å². The normalized spacial score (nSPS) is 12.0. The Hall–Kier alpha value is -3.52. The smallest absolute Gasteiger partial charge is 0.254 e. The molecule has 3 aromatic rings. The second-order valence-electron chi connectivity index (χ2n) is 7.59. The molecular formula is C25H28N2O5S. The maximum atomic E-state index is 13.4. The number of amides is 1. The van der Waals surface area contributed by atoms with E-state index in [4.69, 9.17) is 9.47 Å². The van der Waals surface area contributed by atoms with Crippen molar-refractivity contribution >= 4 is 21.6 Å². The number of ether oxygens (including phenoxy) is 2. The Bertz CT molecular complexity index is 1200. The molecule has 7 nitrogen and oxygen atoms in total. The summed E-state index contributed by atoms with van der Waals surface area (Å²) in [4.78, 5) is 13.4. The zero-order valence-corrected chi connectivity index (χ0v) is 19.9. The minimum atomic E-state index is -3.74. The number of nitrogens with zero attached hydrogens (tertiary/aromatic N) is 1. The van der Waals surface area contributed by atoms with Gasteiger partial charge in [-0.2, -0.15) is 0 Å². The highest BCUT2D eigenvalue weighted by atomic mass is 32.2. The van der Waals surface area contributed by atoms with Crippen LogP contribution in [0.15, 0.2) is 72.8 Å². The molecule has 1 amide bonds. The molecule has 3 rings (SSSR count). The van der Waals surface area contributed by atoms with Crippen molar-refractivity contribution < 1.29 is 22.7 Å². The van der Waals surface area contributed by atoms with Gasteiger partial charge in [0, 0.05) is 6.07 Å². The van der Waals surface area contributed by atoms with Crippen LogP contribution < -0.4 is 19.1 Å². The minimum absolute atomic E-state index is 0.0592. The standard InChI is InChI=1S/C25H28N2O5S/c1-18(20-13-9-6-10-14-20)26-25(28)21-15-23(31-2)24(32-3)16-22(21)27(33(4,29)30)17-19-11-7-5-8-12-19/h5-16,18H,17H2,1-4H3,(H,26,28)/t18-/m0/s1. The van der Waals surface area contributed by atoms with Crippen LogP contribution in [0.3, 0.4) is 0 Å². The van der Waals surface area contributed by atoms with E-state index in [9.17, 15) is 13.2 Å². The van der Waals surface area contributed by atoms with Gasteiger partial charge in [-0.15, -0.1) is 0 Å². The SMILES string of the molecule is COc1cc(C(=O)N[C@@H](C)c2ccccc2)c(N(Cc2ccccc2)S(C)(=O)=O)cc1OC. The summed E-state index contributed by atoms with van der Waals surface area (Å²) in [7, 11) is -0.819. The number of nitrogens with one attached hydrogen (secondary N) is 1. The van der Waals surface area contributed by atoms with Gasteiger partial charge in [-0.05, 0) is 24.1 Å². The Labute approximate surface area is 195 Å². The fourth-order valence-electron chi connectivity index (χ4n) is 3.49. The first kappa shape index (κ1) is 24.1. The zero-order chi connectivity index (χ0) is 24.0. The van der Waals surface area contributed by atoms with Crippen LogP contribution in [0.2, 0.25) is 0 Å². The van der Waals surface area contributed by atoms with Crippen molar-refractivity contribution in [3.63, 3.8) is 0 Å². The highest BCUT2D eigenvalue weighted by Crippen LogP contribution is 2.37. The van der Waals surface area contributed by atoms with Gasteiger partial charge in [0.15, 0.2) is 11.5 Å². The van der Waals surface area contributed by atoms with Gasteiger partial charge < -0.3 is 14.8 Å². The molecule has 0 saturated heterocycles. The van der Waals surface area contributed by atoms with E-state index in [2.05, 4.69) is 5.32 Å². The molecule has 0 bridgehead atoms. The van der Waals surface area contributed by atoms with Gasteiger partial charge in [0.2, 0.25) is 10.0 Å². The molecule has 1 atom stereocenters. The van der Waals surface area contributed by atoms with Crippen molar-refractivity contribution in [2.45, 2.75) is 19.5 Å². The summed E-state index contributed by atoms with van der Waals surface area (Å²) < 4.78 is 37.6. The molecule has 0 aliphatic heterocycles.